The van der Waals surface area contributed by atoms with Gasteiger partial charge in [-0.1, -0.05) is 6.08 Å². The molecule has 0 aromatic carbocycles. The van der Waals surface area contributed by atoms with E-state index in [0.717, 1.165) is 24.6 Å². The minimum absolute atomic E-state index is 0.160. The van der Waals surface area contributed by atoms with Gasteiger partial charge in [-0.05, 0) is 13.0 Å². The van der Waals surface area contributed by atoms with Crippen LogP contribution < -0.4 is 0 Å². The second kappa shape index (κ2) is 4.44. The van der Waals surface area contributed by atoms with Crippen molar-refractivity contribution in [2.24, 2.45) is 0 Å². The van der Waals surface area contributed by atoms with E-state index < -0.39 is 0 Å². The molecule has 0 aromatic heterocycles. The summed E-state index contributed by atoms with van der Waals surface area (Å²) in [5, 5.41) is 0. The lowest BCUT2D eigenvalue weighted by molar-refractivity contribution is -0.125. The Morgan fingerprint density at radius 2 is 2.09 bits per heavy atom. The van der Waals surface area contributed by atoms with Gasteiger partial charge in [-0.15, -0.1) is 0 Å². The highest BCUT2D eigenvalue weighted by atomic mass is 32.2. The predicted molar refractivity (Wildman–Crippen MR) is 48.7 cm³/mol. The summed E-state index contributed by atoms with van der Waals surface area (Å²) in [4.78, 5) is 13.1. The summed E-state index contributed by atoms with van der Waals surface area (Å²) in [6.45, 7) is 3.69. The maximum atomic E-state index is 11.2. The molecule has 0 aromatic rings. The number of thioether (sulfide) groups is 1. The van der Waals surface area contributed by atoms with Gasteiger partial charge in [0, 0.05) is 24.6 Å². The lowest BCUT2D eigenvalue weighted by Crippen LogP contribution is -2.36. The average molecular weight is 171 g/mol. The van der Waals surface area contributed by atoms with Crippen LogP contribution in [0.5, 0.6) is 0 Å². The first-order valence-corrected chi connectivity index (χ1v) is 4.99. The smallest absolute Gasteiger partial charge is 0.246 e. The van der Waals surface area contributed by atoms with Gasteiger partial charge in [-0.3, -0.25) is 4.79 Å². The third kappa shape index (κ3) is 2.58. The molecule has 62 valence electrons. The van der Waals surface area contributed by atoms with Crippen molar-refractivity contribution < 1.29 is 4.79 Å². The van der Waals surface area contributed by atoms with E-state index in [1.807, 2.05) is 23.6 Å². The fraction of sp³-hybridized carbons (Fsp3) is 0.625. The SMILES string of the molecule is CC=CC(=O)N1CCSCC1. The van der Waals surface area contributed by atoms with Gasteiger partial charge in [0.25, 0.3) is 0 Å². The summed E-state index contributed by atoms with van der Waals surface area (Å²) >= 11 is 1.92. The highest BCUT2D eigenvalue weighted by Crippen LogP contribution is 2.09. The first kappa shape index (κ1) is 8.65. The quantitative estimate of drug-likeness (QED) is 0.551. The molecule has 0 bridgehead atoms. The van der Waals surface area contributed by atoms with Gasteiger partial charge in [0.05, 0.1) is 0 Å². The summed E-state index contributed by atoms with van der Waals surface area (Å²) in [6.07, 6.45) is 3.43. The largest absolute Gasteiger partial charge is 0.338 e. The van der Waals surface area contributed by atoms with Crippen LogP contribution in [0.25, 0.3) is 0 Å². The first-order chi connectivity index (χ1) is 5.34. The van der Waals surface area contributed by atoms with Crippen molar-refractivity contribution in [2.45, 2.75) is 6.92 Å². The van der Waals surface area contributed by atoms with Crippen LogP contribution in [0.1, 0.15) is 6.92 Å². The molecule has 3 heteroatoms. The summed E-state index contributed by atoms with van der Waals surface area (Å²) in [6, 6.07) is 0. The fourth-order valence-corrected chi connectivity index (χ4v) is 1.93. The predicted octanol–water partition coefficient (Wildman–Crippen LogP) is 1.14. The van der Waals surface area contributed by atoms with E-state index in [-0.39, 0.29) is 5.91 Å². The van der Waals surface area contributed by atoms with E-state index in [1.165, 1.54) is 0 Å². The number of nitrogens with zero attached hydrogens (tertiary/aromatic N) is 1. The fourth-order valence-electron chi connectivity index (χ4n) is 1.03. The maximum absolute atomic E-state index is 11.2. The molecule has 1 aliphatic heterocycles. The van der Waals surface area contributed by atoms with E-state index in [9.17, 15) is 4.79 Å². The standard InChI is InChI=1S/C8H13NOS/c1-2-3-8(10)9-4-6-11-7-5-9/h2-3H,4-7H2,1H3. The first-order valence-electron chi connectivity index (χ1n) is 3.84. The monoisotopic (exact) mass is 171 g/mol. The number of carbonyl (C=O) groups is 1. The van der Waals surface area contributed by atoms with Gasteiger partial charge in [0.1, 0.15) is 0 Å². The van der Waals surface area contributed by atoms with Crippen molar-refractivity contribution in [3.05, 3.63) is 12.2 Å². The van der Waals surface area contributed by atoms with Crippen molar-refractivity contribution in [3.63, 3.8) is 0 Å². The lowest BCUT2D eigenvalue weighted by Gasteiger charge is -2.24. The molecule has 0 saturated carbocycles. The molecule has 0 atom stereocenters. The molecule has 11 heavy (non-hydrogen) atoms. The molecule has 1 fully saturated rings. The molecule has 1 heterocycles. The minimum atomic E-state index is 0.160. The molecule has 0 unspecified atom stereocenters. The molecule has 2 nitrogen and oxygen atoms in total. The van der Waals surface area contributed by atoms with E-state index >= 15 is 0 Å². The molecule has 0 aliphatic carbocycles. The van der Waals surface area contributed by atoms with Crippen LogP contribution in [-0.4, -0.2) is 35.4 Å². The van der Waals surface area contributed by atoms with E-state index in [1.54, 1.807) is 12.2 Å². The van der Waals surface area contributed by atoms with Crippen LogP contribution >= 0.6 is 11.8 Å². The number of amides is 1. The second-order valence-corrected chi connectivity index (χ2v) is 3.66. The molecular weight excluding hydrogens is 158 g/mol. The number of rotatable bonds is 1. The lowest BCUT2D eigenvalue weighted by atomic mass is 10.4. The molecule has 0 spiro atoms. The van der Waals surface area contributed by atoms with Crippen LogP contribution in [0.4, 0.5) is 0 Å². The molecule has 1 aliphatic rings. The Morgan fingerprint density at radius 1 is 1.45 bits per heavy atom. The second-order valence-electron chi connectivity index (χ2n) is 2.44. The Labute approximate surface area is 71.6 Å². The third-order valence-electron chi connectivity index (χ3n) is 1.63. The van der Waals surface area contributed by atoms with Crippen LogP contribution in [0.2, 0.25) is 0 Å². The molecule has 1 saturated heterocycles. The van der Waals surface area contributed by atoms with Gasteiger partial charge in [0.15, 0.2) is 0 Å². The van der Waals surface area contributed by atoms with E-state index in [0.29, 0.717) is 0 Å². The number of hydrogen-bond donors (Lipinski definition) is 0. The number of hydrogen-bond acceptors (Lipinski definition) is 2. The summed E-state index contributed by atoms with van der Waals surface area (Å²) in [5.41, 5.74) is 0. The summed E-state index contributed by atoms with van der Waals surface area (Å²) in [7, 11) is 0. The Bertz CT molecular complexity index is 161. The van der Waals surface area contributed by atoms with Gasteiger partial charge in [0.2, 0.25) is 5.91 Å². The van der Waals surface area contributed by atoms with Gasteiger partial charge in [-0.2, -0.15) is 11.8 Å². The van der Waals surface area contributed by atoms with Gasteiger partial charge in [-0.25, -0.2) is 0 Å². The highest BCUT2D eigenvalue weighted by molar-refractivity contribution is 7.99. The maximum Gasteiger partial charge on any atom is 0.246 e. The van der Waals surface area contributed by atoms with Crippen LogP contribution in [0, 0.1) is 0 Å². The minimum Gasteiger partial charge on any atom is -0.338 e. The number of carbonyl (C=O) groups excluding carboxylic acids is 1. The normalized spacial score (nSPS) is 19.2. The zero-order valence-corrected chi connectivity index (χ0v) is 7.56. The van der Waals surface area contributed by atoms with Crippen molar-refractivity contribution >= 4 is 17.7 Å². The highest BCUT2D eigenvalue weighted by Gasteiger charge is 2.13. The molecular formula is C8H13NOS. The van der Waals surface area contributed by atoms with E-state index in [2.05, 4.69) is 0 Å². The topological polar surface area (TPSA) is 20.3 Å². The Morgan fingerprint density at radius 3 is 2.64 bits per heavy atom. The molecule has 0 N–H and O–H groups in total. The Balaban J connectivity index is 2.38. The van der Waals surface area contributed by atoms with Crippen molar-refractivity contribution in [1.29, 1.82) is 0 Å². The molecule has 0 radical (unpaired) electrons. The van der Waals surface area contributed by atoms with E-state index in [4.69, 9.17) is 0 Å². The van der Waals surface area contributed by atoms with Crippen molar-refractivity contribution in [3.8, 4) is 0 Å². The zero-order chi connectivity index (χ0) is 8.10. The van der Waals surface area contributed by atoms with Crippen molar-refractivity contribution in [1.82, 2.24) is 4.90 Å². The van der Waals surface area contributed by atoms with Gasteiger partial charge >= 0.3 is 0 Å². The van der Waals surface area contributed by atoms with Gasteiger partial charge < -0.3 is 4.90 Å². The number of allylic oxidation sites excluding steroid dienone is 1. The van der Waals surface area contributed by atoms with Crippen LogP contribution in [0.3, 0.4) is 0 Å². The van der Waals surface area contributed by atoms with Crippen LogP contribution in [0.15, 0.2) is 12.2 Å². The van der Waals surface area contributed by atoms with Crippen LogP contribution in [-0.2, 0) is 4.79 Å². The summed E-state index contributed by atoms with van der Waals surface area (Å²) in [5.74, 6) is 2.33. The third-order valence-corrected chi connectivity index (χ3v) is 2.57. The Hall–Kier alpha value is -0.440. The average Bonchev–Trinajstić information content (AvgIpc) is 2.07. The molecule has 1 amide bonds. The zero-order valence-electron chi connectivity index (χ0n) is 6.75. The Kier molecular flexibility index (Phi) is 3.49. The van der Waals surface area contributed by atoms with Crippen molar-refractivity contribution in [2.75, 3.05) is 24.6 Å². The molecule has 1 rings (SSSR count). The summed E-state index contributed by atoms with van der Waals surface area (Å²) < 4.78 is 0.